The van der Waals surface area contributed by atoms with Gasteiger partial charge < -0.3 is 5.32 Å². The molecule has 2 aromatic heterocycles. The first-order chi connectivity index (χ1) is 12.8. The Morgan fingerprint density at radius 3 is 2.69 bits per heavy atom. The van der Waals surface area contributed by atoms with Gasteiger partial charge in [0.15, 0.2) is 0 Å². The number of rotatable bonds is 6. The second-order valence-electron chi connectivity index (χ2n) is 7.14. The van der Waals surface area contributed by atoms with E-state index in [0.717, 1.165) is 32.0 Å². The Labute approximate surface area is 154 Å². The van der Waals surface area contributed by atoms with E-state index in [0.29, 0.717) is 12.0 Å². The predicted molar refractivity (Wildman–Crippen MR) is 103 cm³/mol. The van der Waals surface area contributed by atoms with Crippen molar-refractivity contribution in [1.82, 2.24) is 24.8 Å². The molecule has 0 saturated carbocycles. The molecule has 5 nitrogen and oxygen atoms in total. The van der Waals surface area contributed by atoms with Crippen molar-refractivity contribution in [2.24, 2.45) is 5.92 Å². The number of likely N-dealkylation sites (tertiary alicyclic amines) is 1. The first-order valence-electron chi connectivity index (χ1n) is 9.21. The molecule has 1 aliphatic rings. The normalized spacial score (nSPS) is 20.5. The molecule has 0 aliphatic carbocycles. The van der Waals surface area contributed by atoms with Crippen molar-refractivity contribution >= 4 is 0 Å². The Hall–Kier alpha value is -2.50. The molecule has 0 radical (unpaired) electrons. The molecule has 0 unspecified atom stereocenters. The maximum absolute atomic E-state index is 4.53. The van der Waals surface area contributed by atoms with Gasteiger partial charge in [-0.25, -0.2) is 9.97 Å². The fourth-order valence-corrected chi connectivity index (χ4v) is 3.62. The number of hydrogen-bond acceptors (Lipinski definition) is 4. The standard InChI is InChI=1S/C21H25N5/c1-17-13-25(14-18-5-3-2-4-6-18)15-20(17)23-11-19-7-8-21(24-12-19)26-10-9-22-16-26/h2-10,12,16-17,20,23H,11,13-15H2,1H3/t17-,20-/m1/s1. The minimum absolute atomic E-state index is 0.520. The molecule has 0 bridgehead atoms. The van der Waals surface area contributed by atoms with Gasteiger partial charge in [-0.15, -0.1) is 0 Å². The highest BCUT2D eigenvalue weighted by Crippen LogP contribution is 2.19. The lowest BCUT2D eigenvalue weighted by Crippen LogP contribution is -2.35. The molecule has 134 valence electrons. The molecule has 0 spiro atoms. The lowest BCUT2D eigenvalue weighted by atomic mass is 10.1. The average molecular weight is 347 g/mol. The Morgan fingerprint density at radius 2 is 1.96 bits per heavy atom. The zero-order valence-corrected chi connectivity index (χ0v) is 15.1. The van der Waals surface area contributed by atoms with Gasteiger partial charge >= 0.3 is 0 Å². The van der Waals surface area contributed by atoms with E-state index in [1.54, 1.807) is 12.5 Å². The van der Waals surface area contributed by atoms with Crippen molar-refractivity contribution < 1.29 is 0 Å². The summed E-state index contributed by atoms with van der Waals surface area (Å²) in [7, 11) is 0. The van der Waals surface area contributed by atoms with Crippen molar-refractivity contribution in [3.05, 3.63) is 78.5 Å². The maximum atomic E-state index is 4.53. The molecule has 0 amide bonds. The molecule has 1 fully saturated rings. The summed E-state index contributed by atoms with van der Waals surface area (Å²) in [6.07, 6.45) is 7.38. The minimum Gasteiger partial charge on any atom is -0.308 e. The van der Waals surface area contributed by atoms with Gasteiger partial charge in [0.2, 0.25) is 0 Å². The monoisotopic (exact) mass is 347 g/mol. The number of imidazole rings is 1. The van der Waals surface area contributed by atoms with Crippen LogP contribution in [0, 0.1) is 5.92 Å². The largest absolute Gasteiger partial charge is 0.308 e. The molecule has 2 atom stereocenters. The molecule has 1 saturated heterocycles. The summed E-state index contributed by atoms with van der Waals surface area (Å²) in [4.78, 5) is 11.1. The highest BCUT2D eigenvalue weighted by atomic mass is 15.2. The van der Waals surface area contributed by atoms with E-state index in [1.165, 1.54) is 11.1 Å². The first-order valence-corrected chi connectivity index (χ1v) is 9.21. The Morgan fingerprint density at radius 1 is 1.08 bits per heavy atom. The van der Waals surface area contributed by atoms with Crippen LogP contribution in [0.1, 0.15) is 18.1 Å². The summed E-state index contributed by atoms with van der Waals surface area (Å²) in [6.45, 7) is 6.46. The number of pyridine rings is 1. The molecular weight excluding hydrogens is 322 g/mol. The number of nitrogens with zero attached hydrogens (tertiary/aromatic N) is 4. The molecule has 3 aromatic rings. The van der Waals surface area contributed by atoms with E-state index in [1.807, 2.05) is 23.0 Å². The van der Waals surface area contributed by atoms with Crippen molar-refractivity contribution in [2.45, 2.75) is 26.1 Å². The lowest BCUT2D eigenvalue weighted by Gasteiger charge is -2.17. The summed E-state index contributed by atoms with van der Waals surface area (Å²) in [5.74, 6) is 1.55. The third kappa shape index (κ3) is 4.00. The van der Waals surface area contributed by atoms with Crippen LogP contribution in [-0.4, -0.2) is 38.6 Å². The van der Waals surface area contributed by atoms with Crippen molar-refractivity contribution in [1.29, 1.82) is 0 Å². The van der Waals surface area contributed by atoms with E-state index >= 15 is 0 Å². The van der Waals surface area contributed by atoms with Gasteiger partial charge in [0.1, 0.15) is 12.1 Å². The zero-order valence-electron chi connectivity index (χ0n) is 15.1. The minimum atomic E-state index is 0.520. The van der Waals surface area contributed by atoms with Crippen LogP contribution >= 0.6 is 0 Å². The fraction of sp³-hybridized carbons (Fsp3) is 0.333. The quantitative estimate of drug-likeness (QED) is 0.745. The van der Waals surface area contributed by atoms with Crippen LogP contribution < -0.4 is 5.32 Å². The molecule has 5 heteroatoms. The number of aromatic nitrogens is 3. The van der Waals surface area contributed by atoms with E-state index in [4.69, 9.17) is 0 Å². The third-order valence-corrected chi connectivity index (χ3v) is 5.08. The van der Waals surface area contributed by atoms with Gasteiger partial charge in [0, 0.05) is 50.8 Å². The van der Waals surface area contributed by atoms with Gasteiger partial charge in [-0.05, 0) is 23.1 Å². The number of hydrogen-bond donors (Lipinski definition) is 1. The van der Waals surface area contributed by atoms with Crippen LogP contribution in [0.5, 0.6) is 0 Å². The highest BCUT2D eigenvalue weighted by Gasteiger charge is 2.28. The topological polar surface area (TPSA) is 46.0 Å². The number of benzene rings is 1. The van der Waals surface area contributed by atoms with Crippen LogP contribution in [0.4, 0.5) is 0 Å². The highest BCUT2D eigenvalue weighted by molar-refractivity contribution is 5.25. The van der Waals surface area contributed by atoms with E-state index in [2.05, 4.69) is 63.5 Å². The van der Waals surface area contributed by atoms with E-state index in [-0.39, 0.29) is 0 Å². The second-order valence-corrected chi connectivity index (χ2v) is 7.14. The Bertz CT molecular complexity index is 798. The van der Waals surface area contributed by atoms with Crippen molar-refractivity contribution in [2.75, 3.05) is 13.1 Å². The summed E-state index contributed by atoms with van der Waals surface area (Å²) in [6, 6.07) is 15.4. The summed E-state index contributed by atoms with van der Waals surface area (Å²) in [5.41, 5.74) is 2.60. The van der Waals surface area contributed by atoms with Gasteiger partial charge in [0.25, 0.3) is 0 Å². The fourth-order valence-electron chi connectivity index (χ4n) is 3.62. The van der Waals surface area contributed by atoms with Crippen LogP contribution in [0.25, 0.3) is 5.82 Å². The molecule has 1 N–H and O–H groups in total. The third-order valence-electron chi connectivity index (χ3n) is 5.08. The number of nitrogens with one attached hydrogen (secondary N) is 1. The predicted octanol–water partition coefficient (Wildman–Crippen LogP) is 2.88. The molecule has 4 rings (SSSR count). The van der Waals surface area contributed by atoms with Crippen LogP contribution in [0.2, 0.25) is 0 Å². The summed E-state index contributed by atoms with van der Waals surface area (Å²) >= 11 is 0. The molecule has 1 aliphatic heterocycles. The zero-order chi connectivity index (χ0) is 17.8. The van der Waals surface area contributed by atoms with Gasteiger partial charge in [-0.2, -0.15) is 0 Å². The van der Waals surface area contributed by atoms with Gasteiger partial charge in [0.05, 0.1) is 0 Å². The molecule has 3 heterocycles. The van der Waals surface area contributed by atoms with Crippen molar-refractivity contribution in [3.63, 3.8) is 0 Å². The maximum Gasteiger partial charge on any atom is 0.137 e. The Kier molecular flexibility index (Phi) is 5.09. The van der Waals surface area contributed by atoms with E-state index in [9.17, 15) is 0 Å². The van der Waals surface area contributed by atoms with Crippen LogP contribution in [-0.2, 0) is 13.1 Å². The SMILES string of the molecule is C[C@@H]1CN(Cc2ccccc2)C[C@H]1NCc1ccc(-n2ccnc2)nc1. The van der Waals surface area contributed by atoms with Gasteiger partial charge in [-0.1, -0.05) is 43.3 Å². The Balaban J connectivity index is 1.30. The first kappa shape index (κ1) is 16.9. The molecular formula is C21H25N5. The van der Waals surface area contributed by atoms with E-state index < -0.39 is 0 Å². The second kappa shape index (κ2) is 7.81. The lowest BCUT2D eigenvalue weighted by molar-refractivity contribution is 0.316. The van der Waals surface area contributed by atoms with Crippen molar-refractivity contribution in [3.8, 4) is 5.82 Å². The summed E-state index contributed by atoms with van der Waals surface area (Å²) in [5, 5.41) is 3.72. The smallest absolute Gasteiger partial charge is 0.137 e. The van der Waals surface area contributed by atoms with Crippen LogP contribution in [0.15, 0.2) is 67.4 Å². The average Bonchev–Trinajstić information content (AvgIpc) is 3.31. The summed E-state index contributed by atoms with van der Waals surface area (Å²) < 4.78 is 1.91. The van der Waals surface area contributed by atoms with Gasteiger partial charge in [-0.3, -0.25) is 9.47 Å². The molecule has 1 aromatic carbocycles. The van der Waals surface area contributed by atoms with Crippen LogP contribution in [0.3, 0.4) is 0 Å². The molecule has 26 heavy (non-hydrogen) atoms.